The lowest BCUT2D eigenvalue weighted by molar-refractivity contribution is 0.0950. The molecule has 1 fully saturated rings. The number of carbonyl (C=O) groups excluding carboxylic acids is 1. The van der Waals surface area contributed by atoms with E-state index in [2.05, 4.69) is 5.32 Å². The Morgan fingerprint density at radius 3 is 2.87 bits per heavy atom. The smallest absolute Gasteiger partial charge is 0.251 e. The number of rotatable bonds is 3. The second-order valence-corrected chi connectivity index (χ2v) is 3.63. The minimum Gasteiger partial charge on any atom is -0.504 e. The number of nitrogens with one attached hydrogen (secondary N) is 1. The predicted octanol–water partition coefficient (Wildman–Crippen LogP) is 1.29. The quantitative estimate of drug-likeness (QED) is 0.785. The van der Waals surface area contributed by atoms with Crippen LogP contribution in [0.2, 0.25) is 0 Å². The molecule has 4 nitrogen and oxygen atoms in total. The van der Waals surface area contributed by atoms with Crippen molar-refractivity contribution in [3.05, 3.63) is 23.8 Å². The van der Waals surface area contributed by atoms with E-state index in [9.17, 15) is 9.90 Å². The van der Waals surface area contributed by atoms with Gasteiger partial charge in [-0.05, 0) is 31.0 Å². The zero-order valence-corrected chi connectivity index (χ0v) is 8.49. The van der Waals surface area contributed by atoms with Crippen molar-refractivity contribution in [1.82, 2.24) is 5.32 Å². The van der Waals surface area contributed by atoms with Crippen molar-refractivity contribution in [2.24, 2.45) is 0 Å². The molecule has 1 aromatic rings. The molecule has 0 aliphatic heterocycles. The normalized spacial score (nSPS) is 14.7. The van der Waals surface area contributed by atoms with Crippen molar-refractivity contribution in [2.75, 3.05) is 7.11 Å². The number of amides is 1. The van der Waals surface area contributed by atoms with Crippen molar-refractivity contribution in [3.8, 4) is 11.5 Å². The molecule has 2 rings (SSSR count). The Morgan fingerprint density at radius 1 is 1.53 bits per heavy atom. The first-order valence-corrected chi connectivity index (χ1v) is 4.88. The zero-order valence-electron chi connectivity index (χ0n) is 8.49. The first kappa shape index (κ1) is 9.83. The number of benzene rings is 1. The van der Waals surface area contributed by atoms with Crippen molar-refractivity contribution in [1.29, 1.82) is 0 Å². The molecule has 1 aromatic carbocycles. The third-order valence-electron chi connectivity index (χ3n) is 2.35. The lowest BCUT2D eigenvalue weighted by Crippen LogP contribution is -2.25. The van der Waals surface area contributed by atoms with Crippen LogP contribution in [0.4, 0.5) is 0 Å². The largest absolute Gasteiger partial charge is 0.504 e. The summed E-state index contributed by atoms with van der Waals surface area (Å²) in [7, 11) is 1.46. The average molecular weight is 207 g/mol. The number of methoxy groups -OCH3 is 1. The molecular weight excluding hydrogens is 194 g/mol. The van der Waals surface area contributed by atoms with E-state index in [1.165, 1.54) is 19.2 Å². The molecule has 15 heavy (non-hydrogen) atoms. The number of aromatic hydroxyl groups is 1. The first-order chi connectivity index (χ1) is 7.20. The molecule has 80 valence electrons. The van der Waals surface area contributed by atoms with Crippen molar-refractivity contribution in [2.45, 2.75) is 18.9 Å². The van der Waals surface area contributed by atoms with E-state index in [4.69, 9.17) is 4.74 Å². The van der Waals surface area contributed by atoms with Gasteiger partial charge in [-0.3, -0.25) is 4.79 Å². The molecule has 0 unspecified atom stereocenters. The molecule has 0 spiro atoms. The molecule has 0 radical (unpaired) electrons. The molecule has 0 atom stereocenters. The SMILES string of the molecule is COc1cc(C(=O)NC2CC2)ccc1O. The van der Waals surface area contributed by atoms with Crippen LogP contribution in [0.25, 0.3) is 0 Å². The summed E-state index contributed by atoms with van der Waals surface area (Å²) in [5.41, 5.74) is 0.511. The molecule has 1 saturated carbocycles. The summed E-state index contributed by atoms with van der Waals surface area (Å²) >= 11 is 0. The summed E-state index contributed by atoms with van der Waals surface area (Å²) in [5.74, 6) is 0.245. The van der Waals surface area contributed by atoms with Crippen molar-refractivity contribution in [3.63, 3.8) is 0 Å². The van der Waals surface area contributed by atoms with E-state index in [1.54, 1.807) is 6.07 Å². The minimum atomic E-state index is -0.115. The van der Waals surface area contributed by atoms with Gasteiger partial charge in [0.15, 0.2) is 11.5 Å². The van der Waals surface area contributed by atoms with Crippen LogP contribution in [0, 0.1) is 0 Å². The standard InChI is InChI=1S/C11H13NO3/c1-15-10-6-7(2-5-9(10)13)11(14)12-8-3-4-8/h2,5-6,8,13H,3-4H2,1H3,(H,12,14). The van der Waals surface area contributed by atoms with Gasteiger partial charge < -0.3 is 15.2 Å². The lowest BCUT2D eigenvalue weighted by Gasteiger charge is -2.06. The topological polar surface area (TPSA) is 58.6 Å². The fourth-order valence-corrected chi connectivity index (χ4v) is 1.32. The molecule has 0 aromatic heterocycles. The van der Waals surface area contributed by atoms with Crippen LogP contribution >= 0.6 is 0 Å². The summed E-state index contributed by atoms with van der Waals surface area (Å²) in [6.45, 7) is 0. The Kier molecular flexibility index (Phi) is 2.49. The number of carbonyl (C=O) groups is 1. The highest BCUT2D eigenvalue weighted by atomic mass is 16.5. The van der Waals surface area contributed by atoms with Crippen LogP contribution in [-0.4, -0.2) is 24.2 Å². The molecule has 4 heteroatoms. The van der Waals surface area contributed by atoms with E-state index in [1.807, 2.05) is 0 Å². The van der Waals surface area contributed by atoms with Crippen molar-refractivity contribution < 1.29 is 14.6 Å². The van der Waals surface area contributed by atoms with Gasteiger partial charge in [0, 0.05) is 11.6 Å². The highest BCUT2D eigenvalue weighted by Gasteiger charge is 2.24. The number of hydrogen-bond donors (Lipinski definition) is 2. The van der Waals surface area contributed by atoms with Gasteiger partial charge in [-0.2, -0.15) is 0 Å². The average Bonchev–Trinajstić information content (AvgIpc) is 3.02. The van der Waals surface area contributed by atoms with Gasteiger partial charge in [0.2, 0.25) is 0 Å². The predicted molar refractivity (Wildman–Crippen MR) is 55.1 cm³/mol. The van der Waals surface area contributed by atoms with Crippen molar-refractivity contribution >= 4 is 5.91 Å². The van der Waals surface area contributed by atoms with E-state index < -0.39 is 0 Å². The van der Waals surface area contributed by atoms with E-state index in [-0.39, 0.29) is 11.7 Å². The summed E-state index contributed by atoms with van der Waals surface area (Å²) in [6.07, 6.45) is 2.11. The Hall–Kier alpha value is -1.71. The summed E-state index contributed by atoms with van der Waals surface area (Å²) in [5, 5.41) is 12.2. The monoisotopic (exact) mass is 207 g/mol. The van der Waals surface area contributed by atoms with Crippen LogP contribution < -0.4 is 10.1 Å². The maximum atomic E-state index is 11.6. The Morgan fingerprint density at radius 2 is 2.27 bits per heavy atom. The molecule has 0 bridgehead atoms. The Balaban J connectivity index is 2.16. The highest BCUT2D eigenvalue weighted by molar-refractivity contribution is 5.95. The molecule has 0 saturated heterocycles. The second-order valence-electron chi connectivity index (χ2n) is 3.63. The van der Waals surface area contributed by atoms with Crippen LogP contribution in [0.5, 0.6) is 11.5 Å². The van der Waals surface area contributed by atoms with Crippen LogP contribution in [0.3, 0.4) is 0 Å². The fourth-order valence-electron chi connectivity index (χ4n) is 1.32. The van der Waals surface area contributed by atoms with Gasteiger partial charge in [0.1, 0.15) is 0 Å². The third kappa shape index (κ3) is 2.21. The second kappa shape index (κ2) is 3.81. The van der Waals surface area contributed by atoms with Gasteiger partial charge in [0.25, 0.3) is 5.91 Å². The van der Waals surface area contributed by atoms with Crippen LogP contribution in [0.15, 0.2) is 18.2 Å². The Labute approximate surface area is 87.9 Å². The molecular formula is C11H13NO3. The number of phenolic OH excluding ortho intramolecular Hbond substituents is 1. The number of phenols is 1. The maximum absolute atomic E-state index is 11.6. The number of ether oxygens (including phenoxy) is 1. The summed E-state index contributed by atoms with van der Waals surface area (Å²) < 4.78 is 4.93. The molecule has 0 heterocycles. The molecule has 1 aliphatic rings. The third-order valence-corrected chi connectivity index (χ3v) is 2.35. The van der Waals surface area contributed by atoms with Gasteiger partial charge in [-0.25, -0.2) is 0 Å². The lowest BCUT2D eigenvalue weighted by atomic mass is 10.2. The maximum Gasteiger partial charge on any atom is 0.251 e. The zero-order chi connectivity index (χ0) is 10.8. The molecule has 1 amide bonds. The van der Waals surface area contributed by atoms with E-state index >= 15 is 0 Å². The summed E-state index contributed by atoms with van der Waals surface area (Å²) in [6, 6.07) is 4.90. The van der Waals surface area contributed by atoms with Gasteiger partial charge >= 0.3 is 0 Å². The highest BCUT2D eigenvalue weighted by Crippen LogP contribution is 2.27. The Bertz CT molecular complexity index is 385. The minimum absolute atomic E-state index is 0.0421. The molecule has 2 N–H and O–H groups in total. The van der Waals surface area contributed by atoms with Gasteiger partial charge in [0.05, 0.1) is 7.11 Å². The molecule has 1 aliphatic carbocycles. The van der Waals surface area contributed by atoms with E-state index in [0.29, 0.717) is 17.4 Å². The van der Waals surface area contributed by atoms with E-state index in [0.717, 1.165) is 12.8 Å². The van der Waals surface area contributed by atoms with Gasteiger partial charge in [-0.1, -0.05) is 0 Å². The number of hydrogen-bond acceptors (Lipinski definition) is 3. The van der Waals surface area contributed by atoms with Crippen LogP contribution in [0.1, 0.15) is 23.2 Å². The van der Waals surface area contributed by atoms with Gasteiger partial charge in [-0.15, -0.1) is 0 Å². The fraction of sp³-hybridized carbons (Fsp3) is 0.364. The summed E-state index contributed by atoms with van der Waals surface area (Å²) in [4.78, 5) is 11.6. The first-order valence-electron chi connectivity index (χ1n) is 4.88. The van der Waals surface area contributed by atoms with Crippen LogP contribution in [-0.2, 0) is 0 Å².